The predicted octanol–water partition coefficient (Wildman–Crippen LogP) is 3.63. The molecule has 0 bridgehead atoms. The Balaban J connectivity index is 1.65. The van der Waals surface area contributed by atoms with Crippen molar-refractivity contribution in [3.05, 3.63) is 94.5 Å². The quantitative estimate of drug-likeness (QED) is 0.487. The Labute approximate surface area is 191 Å². The molecule has 0 unspecified atom stereocenters. The van der Waals surface area contributed by atoms with Crippen LogP contribution in [-0.4, -0.2) is 33.9 Å². The molecule has 0 fully saturated rings. The van der Waals surface area contributed by atoms with E-state index in [4.69, 9.17) is 16.3 Å². The van der Waals surface area contributed by atoms with Gasteiger partial charge in [0.1, 0.15) is 4.90 Å². The maximum atomic E-state index is 12.4. The topological polar surface area (TPSA) is 102 Å². The summed E-state index contributed by atoms with van der Waals surface area (Å²) in [6, 6.07) is 20.9. The number of esters is 1. The highest BCUT2D eigenvalue weighted by molar-refractivity contribution is 7.89. The lowest BCUT2D eigenvalue weighted by molar-refractivity contribution is -0.119. The van der Waals surface area contributed by atoms with Gasteiger partial charge in [-0.05, 0) is 48.9 Å². The number of sulfonamides is 1. The summed E-state index contributed by atoms with van der Waals surface area (Å²) in [6.45, 7) is -0.532. The summed E-state index contributed by atoms with van der Waals surface area (Å²) < 4.78 is 31.2. The van der Waals surface area contributed by atoms with E-state index in [1.165, 1.54) is 19.2 Å². The molecule has 3 aromatic carbocycles. The molecule has 0 spiro atoms. The lowest BCUT2D eigenvalue weighted by Gasteiger charge is -2.12. The SMILES string of the molecule is CNS(=O)(=O)c1cc(C(=O)OCC(=O)Nc2ccccc2Cc2ccccc2)ccc1Cl. The molecule has 0 aliphatic heterocycles. The van der Waals surface area contributed by atoms with Gasteiger partial charge in [-0.25, -0.2) is 17.9 Å². The number of rotatable bonds is 8. The fraction of sp³-hybridized carbons (Fsp3) is 0.130. The second-order valence-electron chi connectivity index (χ2n) is 6.80. The molecule has 0 saturated carbocycles. The first-order chi connectivity index (χ1) is 15.3. The minimum Gasteiger partial charge on any atom is -0.452 e. The molecule has 0 saturated heterocycles. The third kappa shape index (κ3) is 5.94. The summed E-state index contributed by atoms with van der Waals surface area (Å²) in [5, 5.41) is 2.71. The van der Waals surface area contributed by atoms with Gasteiger partial charge in [-0.2, -0.15) is 0 Å². The first-order valence-corrected chi connectivity index (χ1v) is 11.5. The van der Waals surface area contributed by atoms with Gasteiger partial charge in [0.25, 0.3) is 5.91 Å². The highest BCUT2D eigenvalue weighted by Gasteiger charge is 2.20. The van der Waals surface area contributed by atoms with E-state index in [0.717, 1.165) is 17.2 Å². The van der Waals surface area contributed by atoms with E-state index in [1.807, 2.05) is 42.5 Å². The maximum absolute atomic E-state index is 12.4. The van der Waals surface area contributed by atoms with Crippen LogP contribution in [0, 0.1) is 0 Å². The largest absolute Gasteiger partial charge is 0.452 e. The van der Waals surface area contributed by atoms with Crippen molar-refractivity contribution in [1.29, 1.82) is 0 Å². The molecular weight excluding hydrogens is 452 g/mol. The summed E-state index contributed by atoms with van der Waals surface area (Å²) in [4.78, 5) is 24.4. The van der Waals surface area contributed by atoms with E-state index in [-0.39, 0.29) is 15.5 Å². The number of amides is 1. The second kappa shape index (κ2) is 10.4. The number of hydrogen-bond acceptors (Lipinski definition) is 5. The van der Waals surface area contributed by atoms with Crippen LogP contribution in [0.15, 0.2) is 77.7 Å². The summed E-state index contributed by atoms with van der Waals surface area (Å²) in [6.07, 6.45) is 0.630. The van der Waals surface area contributed by atoms with E-state index in [0.29, 0.717) is 12.1 Å². The highest BCUT2D eigenvalue weighted by atomic mass is 35.5. The van der Waals surface area contributed by atoms with E-state index in [9.17, 15) is 18.0 Å². The van der Waals surface area contributed by atoms with Gasteiger partial charge in [0.15, 0.2) is 6.61 Å². The van der Waals surface area contributed by atoms with Crippen LogP contribution in [-0.2, 0) is 26.0 Å². The third-order valence-electron chi connectivity index (χ3n) is 4.59. The number of nitrogens with one attached hydrogen (secondary N) is 2. The van der Waals surface area contributed by atoms with Crippen LogP contribution < -0.4 is 10.0 Å². The van der Waals surface area contributed by atoms with Crippen LogP contribution in [0.2, 0.25) is 5.02 Å². The standard InChI is InChI=1S/C23H21ClN2O5S/c1-25-32(29,30)21-14-18(11-12-19(21)24)23(28)31-15-22(27)26-20-10-6-5-9-17(20)13-16-7-3-2-4-8-16/h2-12,14,25H,13,15H2,1H3,(H,26,27). The maximum Gasteiger partial charge on any atom is 0.338 e. The van der Waals surface area contributed by atoms with Crippen molar-refractivity contribution in [3.63, 3.8) is 0 Å². The Morgan fingerprint density at radius 1 is 0.969 bits per heavy atom. The Bertz CT molecular complexity index is 1230. The van der Waals surface area contributed by atoms with Crippen LogP contribution in [0.1, 0.15) is 21.5 Å². The van der Waals surface area contributed by atoms with Crippen LogP contribution >= 0.6 is 11.6 Å². The van der Waals surface area contributed by atoms with Crippen molar-refractivity contribution < 1.29 is 22.7 Å². The molecule has 166 valence electrons. The van der Waals surface area contributed by atoms with E-state index < -0.39 is 28.5 Å². The lowest BCUT2D eigenvalue weighted by Crippen LogP contribution is -2.22. The molecule has 2 N–H and O–H groups in total. The van der Waals surface area contributed by atoms with Crippen LogP contribution in [0.5, 0.6) is 0 Å². The van der Waals surface area contributed by atoms with Crippen molar-refractivity contribution in [2.45, 2.75) is 11.3 Å². The van der Waals surface area contributed by atoms with E-state index in [2.05, 4.69) is 10.0 Å². The normalized spacial score (nSPS) is 11.1. The highest BCUT2D eigenvalue weighted by Crippen LogP contribution is 2.23. The molecule has 0 aliphatic carbocycles. The molecule has 0 aliphatic rings. The molecule has 32 heavy (non-hydrogen) atoms. The summed E-state index contributed by atoms with van der Waals surface area (Å²) >= 11 is 5.92. The first-order valence-electron chi connectivity index (χ1n) is 9.62. The summed E-state index contributed by atoms with van der Waals surface area (Å²) in [7, 11) is -2.62. The molecule has 0 heterocycles. The number of benzene rings is 3. The zero-order valence-corrected chi connectivity index (χ0v) is 18.7. The molecule has 9 heteroatoms. The van der Waals surface area contributed by atoms with E-state index in [1.54, 1.807) is 12.1 Å². The predicted molar refractivity (Wildman–Crippen MR) is 122 cm³/mol. The van der Waals surface area contributed by atoms with Crippen LogP contribution in [0.25, 0.3) is 0 Å². The fourth-order valence-corrected chi connectivity index (χ4v) is 4.21. The van der Waals surface area contributed by atoms with Crippen molar-refractivity contribution in [3.8, 4) is 0 Å². The van der Waals surface area contributed by atoms with E-state index >= 15 is 0 Å². The molecule has 0 radical (unpaired) electrons. The van der Waals surface area contributed by atoms with Gasteiger partial charge in [-0.1, -0.05) is 60.1 Å². The Hall–Kier alpha value is -3.20. The summed E-state index contributed by atoms with van der Waals surface area (Å²) in [5.41, 5.74) is 2.58. The fourth-order valence-electron chi connectivity index (χ4n) is 2.96. The average molecular weight is 473 g/mol. The van der Waals surface area contributed by atoms with Gasteiger partial charge in [0, 0.05) is 5.69 Å². The van der Waals surface area contributed by atoms with Crippen molar-refractivity contribution in [1.82, 2.24) is 4.72 Å². The van der Waals surface area contributed by atoms with Crippen LogP contribution in [0.3, 0.4) is 0 Å². The molecule has 3 aromatic rings. The molecule has 7 nitrogen and oxygen atoms in total. The molecule has 3 rings (SSSR count). The van der Waals surface area contributed by atoms with Gasteiger partial charge >= 0.3 is 5.97 Å². The number of carbonyl (C=O) groups is 2. The third-order valence-corrected chi connectivity index (χ3v) is 6.48. The van der Waals surface area contributed by atoms with Crippen molar-refractivity contribution in [2.75, 3.05) is 19.0 Å². The number of carbonyl (C=O) groups excluding carboxylic acids is 2. The molecule has 0 aromatic heterocycles. The second-order valence-corrected chi connectivity index (χ2v) is 9.06. The Morgan fingerprint density at radius 2 is 1.66 bits per heavy atom. The number of hydrogen-bond donors (Lipinski definition) is 2. The Morgan fingerprint density at radius 3 is 2.38 bits per heavy atom. The zero-order valence-electron chi connectivity index (χ0n) is 17.2. The number of anilines is 1. The molecular formula is C23H21ClN2O5S. The van der Waals surface area contributed by atoms with Gasteiger partial charge in [0.2, 0.25) is 10.0 Å². The van der Waals surface area contributed by atoms with Crippen molar-refractivity contribution >= 4 is 39.2 Å². The number of ether oxygens (including phenoxy) is 1. The summed E-state index contributed by atoms with van der Waals surface area (Å²) in [5.74, 6) is -1.36. The van der Waals surface area contributed by atoms with Gasteiger partial charge in [-0.15, -0.1) is 0 Å². The van der Waals surface area contributed by atoms with Crippen molar-refractivity contribution in [2.24, 2.45) is 0 Å². The van der Waals surface area contributed by atoms with Gasteiger partial charge < -0.3 is 10.1 Å². The zero-order chi connectivity index (χ0) is 23.1. The average Bonchev–Trinajstić information content (AvgIpc) is 2.79. The number of para-hydroxylation sites is 1. The number of halogens is 1. The van der Waals surface area contributed by atoms with Gasteiger partial charge in [-0.3, -0.25) is 4.79 Å². The molecule has 0 atom stereocenters. The van der Waals surface area contributed by atoms with Crippen LogP contribution in [0.4, 0.5) is 5.69 Å². The minimum absolute atomic E-state index is 0.0383. The lowest BCUT2D eigenvalue weighted by atomic mass is 10.0. The van der Waals surface area contributed by atoms with Gasteiger partial charge in [0.05, 0.1) is 10.6 Å². The molecule has 1 amide bonds. The Kier molecular flexibility index (Phi) is 7.63. The smallest absolute Gasteiger partial charge is 0.338 e. The monoisotopic (exact) mass is 472 g/mol. The minimum atomic E-state index is -3.86. The first kappa shape index (κ1) is 23.5.